The highest BCUT2D eigenvalue weighted by atomic mass is 32.2. The van der Waals surface area contributed by atoms with Crippen LogP contribution in [0.25, 0.3) is 0 Å². The summed E-state index contributed by atoms with van der Waals surface area (Å²) < 4.78 is 0. The Balaban J connectivity index is 1.66. The highest BCUT2D eigenvalue weighted by Gasteiger charge is 2.19. The monoisotopic (exact) mass is 265 g/mol. The van der Waals surface area contributed by atoms with E-state index in [0.29, 0.717) is 0 Å². The van der Waals surface area contributed by atoms with Gasteiger partial charge >= 0.3 is 0 Å². The van der Waals surface area contributed by atoms with Crippen LogP contribution in [0.15, 0.2) is 5.16 Å². The maximum Gasteiger partial charge on any atom is 0.187 e. The molecule has 1 fully saturated rings. The van der Waals surface area contributed by atoms with Gasteiger partial charge < -0.3 is 5.32 Å². The molecule has 1 saturated carbocycles. The summed E-state index contributed by atoms with van der Waals surface area (Å²) in [5, 5.41) is 4.48. The van der Waals surface area contributed by atoms with Crippen molar-refractivity contribution in [2.75, 3.05) is 12.3 Å². The van der Waals surface area contributed by atoms with Crippen LogP contribution in [0, 0.1) is 20.8 Å². The molecule has 1 aromatic heterocycles. The number of nitrogens with zero attached hydrogens (tertiary/aromatic N) is 2. The second-order valence-electron chi connectivity index (χ2n) is 5.09. The van der Waals surface area contributed by atoms with Crippen molar-refractivity contribution in [2.24, 2.45) is 0 Å². The zero-order valence-corrected chi connectivity index (χ0v) is 12.4. The Morgan fingerprint density at radius 2 is 1.78 bits per heavy atom. The van der Waals surface area contributed by atoms with E-state index in [1.54, 1.807) is 11.8 Å². The third-order valence-electron chi connectivity index (χ3n) is 3.42. The summed E-state index contributed by atoms with van der Waals surface area (Å²) in [6.07, 6.45) is 5.25. The molecule has 1 heterocycles. The van der Waals surface area contributed by atoms with Crippen LogP contribution < -0.4 is 5.32 Å². The lowest BCUT2D eigenvalue weighted by molar-refractivity contribution is 0.640. The summed E-state index contributed by atoms with van der Waals surface area (Å²) in [6, 6.07) is 0.836. The van der Waals surface area contributed by atoms with Crippen LogP contribution in [0.4, 0.5) is 0 Å². The second kappa shape index (κ2) is 6.53. The lowest BCUT2D eigenvalue weighted by Crippen LogP contribution is -2.17. The van der Waals surface area contributed by atoms with Crippen molar-refractivity contribution in [1.82, 2.24) is 15.3 Å². The van der Waals surface area contributed by atoms with Gasteiger partial charge in [-0.3, -0.25) is 0 Å². The van der Waals surface area contributed by atoms with Gasteiger partial charge in [0.1, 0.15) is 0 Å². The quantitative estimate of drug-likeness (QED) is 0.467. The molecule has 0 bridgehead atoms. The van der Waals surface area contributed by atoms with E-state index in [0.717, 1.165) is 34.9 Å². The largest absolute Gasteiger partial charge is 0.314 e. The first-order valence-electron chi connectivity index (χ1n) is 6.85. The molecule has 100 valence electrons. The van der Waals surface area contributed by atoms with Crippen LogP contribution in [-0.4, -0.2) is 28.3 Å². The van der Waals surface area contributed by atoms with E-state index in [-0.39, 0.29) is 0 Å². The first-order valence-corrected chi connectivity index (χ1v) is 7.83. The number of nitrogens with one attached hydrogen (secondary N) is 1. The Morgan fingerprint density at radius 1 is 1.11 bits per heavy atom. The molecule has 18 heavy (non-hydrogen) atoms. The van der Waals surface area contributed by atoms with Crippen LogP contribution in [0.2, 0.25) is 0 Å². The Morgan fingerprint density at radius 3 is 2.39 bits per heavy atom. The third-order valence-corrected chi connectivity index (χ3v) is 4.36. The predicted octanol–water partition coefficient (Wildman–Crippen LogP) is 3.03. The fourth-order valence-corrected chi connectivity index (χ4v) is 2.72. The molecular weight excluding hydrogens is 242 g/mol. The lowest BCUT2D eigenvalue weighted by atomic mass is 10.2. The average Bonchev–Trinajstić information content (AvgIpc) is 3.14. The molecule has 0 radical (unpaired) electrons. The van der Waals surface area contributed by atoms with E-state index >= 15 is 0 Å². The average molecular weight is 265 g/mol. The van der Waals surface area contributed by atoms with Crippen molar-refractivity contribution in [3.63, 3.8) is 0 Å². The number of hydrogen-bond donors (Lipinski definition) is 1. The Kier molecular flexibility index (Phi) is 5.01. The van der Waals surface area contributed by atoms with Gasteiger partial charge in [-0.25, -0.2) is 9.97 Å². The standard InChI is InChI=1S/C14H23N3S/c1-10-11(2)16-14(17-12(10)3)18-9-5-4-8-15-13-6-7-13/h13,15H,4-9H2,1-3H3. The smallest absolute Gasteiger partial charge is 0.187 e. The van der Waals surface area contributed by atoms with Gasteiger partial charge in [-0.1, -0.05) is 11.8 Å². The molecule has 1 aliphatic carbocycles. The molecule has 1 aliphatic rings. The molecule has 2 rings (SSSR count). The first-order chi connectivity index (χ1) is 8.66. The summed E-state index contributed by atoms with van der Waals surface area (Å²) in [7, 11) is 0. The van der Waals surface area contributed by atoms with Crippen molar-refractivity contribution in [3.8, 4) is 0 Å². The second-order valence-corrected chi connectivity index (χ2v) is 6.15. The van der Waals surface area contributed by atoms with Gasteiger partial charge in [0.05, 0.1) is 0 Å². The molecule has 0 atom stereocenters. The number of hydrogen-bond acceptors (Lipinski definition) is 4. The van der Waals surface area contributed by atoms with Crippen LogP contribution >= 0.6 is 11.8 Å². The van der Waals surface area contributed by atoms with E-state index in [4.69, 9.17) is 0 Å². The molecule has 4 heteroatoms. The Bertz CT molecular complexity index is 379. The fraction of sp³-hybridized carbons (Fsp3) is 0.714. The van der Waals surface area contributed by atoms with Gasteiger partial charge in [0.2, 0.25) is 0 Å². The third kappa shape index (κ3) is 4.25. The van der Waals surface area contributed by atoms with Gasteiger partial charge in [0.15, 0.2) is 5.16 Å². The minimum Gasteiger partial charge on any atom is -0.314 e. The van der Waals surface area contributed by atoms with Gasteiger partial charge in [-0.05, 0) is 58.6 Å². The number of rotatable bonds is 7. The van der Waals surface area contributed by atoms with E-state index in [2.05, 4.69) is 36.1 Å². The van der Waals surface area contributed by atoms with E-state index < -0.39 is 0 Å². The molecule has 1 N–H and O–H groups in total. The molecular formula is C14H23N3S. The Labute approximate surface area is 114 Å². The van der Waals surface area contributed by atoms with Crippen molar-refractivity contribution in [1.29, 1.82) is 0 Å². The summed E-state index contributed by atoms with van der Waals surface area (Å²) >= 11 is 1.78. The van der Waals surface area contributed by atoms with Crippen LogP contribution in [0.5, 0.6) is 0 Å². The van der Waals surface area contributed by atoms with Gasteiger partial charge in [-0.2, -0.15) is 0 Å². The molecule has 0 unspecified atom stereocenters. The highest BCUT2D eigenvalue weighted by molar-refractivity contribution is 7.99. The normalized spacial score (nSPS) is 15.1. The first kappa shape index (κ1) is 13.8. The number of aryl methyl sites for hydroxylation is 2. The minimum atomic E-state index is 0.836. The van der Waals surface area contributed by atoms with Crippen molar-refractivity contribution >= 4 is 11.8 Å². The molecule has 0 amide bonds. The topological polar surface area (TPSA) is 37.8 Å². The van der Waals surface area contributed by atoms with E-state index in [1.807, 2.05) is 0 Å². The fourth-order valence-electron chi connectivity index (χ4n) is 1.79. The number of thioether (sulfide) groups is 1. The summed E-state index contributed by atoms with van der Waals surface area (Å²) in [5.74, 6) is 1.12. The van der Waals surface area contributed by atoms with Crippen molar-refractivity contribution in [3.05, 3.63) is 17.0 Å². The maximum absolute atomic E-state index is 4.53. The molecule has 0 aromatic carbocycles. The van der Waals surface area contributed by atoms with Crippen molar-refractivity contribution in [2.45, 2.75) is 57.7 Å². The van der Waals surface area contributed by atoms with Crippen molar-refractivity contribution < 1.29 is 0 Å². The lowest BCUT2D eigenvalue weighted by Gasteiger charge is -2.06. The van der Waals surface area contributed by atoms with E-state index in [9.17, 15) is 0 Å². The van der Waals surface area contributed by atoms with Gasteiger partial charge in [0, 0.05) is 23.2 Å². The van der Waals surface area contributed by atoms with E-state index in [1.165, 1.54) is 31.2 Å². The molecule has 1 aromatic rings. The van der Waals surface area contributed by atoms with Crippen LogP contribution in [0.1, 0.15) is 42.6 Å². The molecule has 0 aliphatic heterocycles. The van der Waals surface area contributed by atoms with Crippen LogP contribution in [-0.2, 0) is 0 Å². The summed E-state index contributed by atoms with van der Waals surface area (Å²) in [5.41, 5.74) is 3.44. The predicted molar refractivity (Wildman–Crippen MR) is 77.2 cm³/mol. The van der Waals surface area contributed by atoms with Gasteiger partial charge in [-0.15, -0.1) is 0 Å². The zero-order valence-electron chi connectivity index (χ0n) is 11.6. The zero-order chi connectivity index (χ0) is 13.0. The molecule has 0 spiro atoms. The SMILES string of the molecule is Cc1nc(SCCCCNC2CC2)nc(C)c1C. The number of unbranched alkanes of at least 4 members (excludes halogenated alkanes) is 1. The molecule has 3 nitrogen and oxygen atoms in total. The Hall–Kier alpha value is -0.610. The van der Waals surface area contributed by atoms with Gasteiger partial charge in [0.25, 0.3) is 0 Å². The summed E-state index contributed by atoms with van der Waals surface area (Å²) in [6.45, 7) is 7.38. The highest BCUT2D eigenvalue weighted by Crippen LogP contribution is 2.20. The maximum atomic E-state index is 4.53. The minimum absolute atomic E-state index is 0.836. The summed E-state index contributed by atoms with van der Waals surface area (Å²) in [4.78, 5) is 9.05. The molecule has 0 saturated heterocycles. The number of aromatic nitrogens is 2. The van der Waals surface area contributed by atoms with Crippen LogP contribution in [0.3, 0.4) is 0 Å².